The number of imide groups is 1. The number of benzene rings is 4. The highest BCUT2D eigenvalue weighted by molar-refractivity contribution is 6.21. The molecule has 2 amide bonds. The average molecular weight is 351 g/mol. The van der Waals surface area contributed by atoms with Crippen molar-refractivity contribution in [2.24, 2.45) is 0 Å². The smallest absolute Gasteiger partial charge is 0.261 e. The molecule has 5 rings (SSSR count). The predicted octanol–water partition coefficient (Wildman–Crippen LogP) is 5.10. The van der Waals surface area contributed by atoms with Crippen molar-refractivity contribution in [3.8, 4) is 0 Å². The van der Waals surface area contributed by atoms with Crippen molar-refractivity contribution >= 4 is 33.4 Å². The van der Waals surface area contributed by atoms with Crippen LogP contribution in [0.5, 0.6) is 0 Å². The molecule has 0 atom stereocenters. The molecule has 0 saturated heterocycles. The second kappa shape index (κ2) is 5.78. The maximum Gasteiger partial charge on any atom is 0.261 e. The summed E-state index contributed by atoms with van der Waals surface area (Å²) in [5.41, 5.74) is 3.16. The Morgan fingerprint density at radius 3 is 1.96 bits per heavy atom. The monoisotopic (exact) mass is 351 g/mol. The third-order valence-corrected chi connectivity index (χ3v) is 5.23. The van der Waals surface area contributed by atoms with E-state index >= 15 is 0 Å². The van der Waals surface area contributed by atoms with Crippen LogP contribution in [0.25, 0.3) is 21.5 Å². The van der Waals surface area contributed by atoms with E-state index in [1.54, 1.807) is 24.3 Å². The first-order valence-corrected chi connectivity index (χ1v) is 8.98. The van der Waals surface area contributed by atoms with Crippen molar-refractivity contribution in [1.82, 2.24) is 4.90 Å². The molecule has 0 saturated carbocycles. The fourth-order valence-corrected chi connectivity index (χ4v) is 3.83. The topological polar surface area (TPSA) is 37.4 Å². The van der Waals surface area contributed by atoms with Gasteiger partial charge in [0.2, 0.25) is 0 Å². The van der Waals surface area contributed by atoms with Crippen molar-refractivity contribution in [2.45, 2.75) is 13.5 Å². The highest BCUT2D eigenvalue weighted by atomic mass is 16.2. The van der Waals surface area contributed by atoms with Crippen molar-refractivity contribution in [3.05, 3.63) is 95.1 Å². The zero-order chi connectivity index (χ0) is 18.5. The number of carbonyl (C=O) groups excluding carboxylic acids is 2. The number of amides is 2. The summed E-state index contributed by atoms with van der Waals surface area (Å²) < 4.78 is 0. The number of fused-ring (bicyclic) bond motifs is 3. The number of nitrogens with zero attached hydrogens (tertiary/aromatic N) is 1. The maximum absolute atomic E-state index is 12.6. The molecule has 0 aliphatic carbocycles. The summed E-state index contributed by atoms with van der Waals surface area (Å²) in [7, 11) is 0. The van der Waals surface area contributed by atoms with E-state index in [1.165, 1.54) is 21.2 Å². The third-order valence-electron chi connectivity index (χ3n) is 5.23. The van der Waals surface area contributed by atoms with Crippen LogP contribution in [-0.2, 0) is 6.54 Å². The lowest BCUT2D eigenvalue weighted by atomic mass is 10.0. The minimum Gasteiger partial charge on any atom is -0.270 e. The van der Waals surface area contributed by atoms with E-state index < -0.39 is 0 Å². The van der Waals surface area contributed by atoms with E-state index in [-0.39, 0.29) is 18.4 Å². The molecule has 130 valence electrons. The number of hydrogen-bond acceptors (Lipinski definition) is 2. The van der Waals surface area contributed by atoms with Gasteiger partial charge >= 0.3 is 0 Å². The molecule has 1 aliphatic heterocycles. The van der Waals surface area contributed by atoms with Gasteiger partial charge in [-0.3, -0.25) is 14.5 Å². The summed E-state index contributed by atoms with van der Waals surface area (Å²) >= 11 is 0. The number of carbonyl (C=O) groups is 2. The quantitative estimate of drug-likeness (QED) is 0.372. The first kappa shape index (κ1) is 15.8. The molecular formula is C24H17NO2. The minimum atomic E-state index is -0.218. The Morgan fingerprint density at radius 2 is 1.26 bits per heavy atom. The molecule has 0 N–H and O–H groups in total. The standard InChI is InChI=1S/C24H17NO2/c1-15-6-8-17-12-18-9-7-16(11-20(18)13-19(17)10-15)14-25-23(26)21-4-2-3-5-22(21)24(25)27/h2-13H,14H2,1H3. The van der Waals surface area contributed by atoms with Crippen LogP contribution in [0, 0.1) is 6.92 Å². The Morgan fingerprint density at radius 1 is 0.667 bits per heavy atom. The van der Waals surface area contributed by atoms with Crippen LogP contribution in [-0.4, -0.2) is 16.7 Å². The summed E-state index contributed by atoms with van der Waals surface area (Å²) in [6, 6.07) is 23.9. The Kier molecular flexibility index (Phi) is 3.37. The second-order valence-electron chi connectivity index (χ2n) is 7.13. The molecule has 0 fully saturated rings. The molecule has 1 aliphatic rings. The van der Waals surface area contributed by atoms with E-state index in [0.29, 0.717) is 11.1 Å². The largest absolute Gasteiger partial charge is 0.270 e. The zero-order valence-corrected chi connectivity index (χ0v) is 14.9. The van der Waals surface area contributed by atoms with Gasteiger partial charge in [-0.05, 0) is 64.4 Å². The Hall–Kier alpha value is -3.46. The summed E-state index contributed by atoms with van der Waals surface area (Å²) in [5, 5.41) is 4.67. The Labute approximate surface area is 156 Å². The van der Waals surface area contributed by atoms with Crippen LogP contribution >= 0.6 is 0 Å². The van der Waals surface area contributed by atoms with E-state index in [0.717, 1.165) is 16.3 Å². The van der Waals surface area contributed by atoms with E-state index in [2.05, 4.69) is 49.4 Å². The molecule has 0 radical (unpaired) electrons. The fourth-order valence-electron chi connectivity index (χ4n) is 3.83. The predicted molar refractivity (Wildman–Crippen MR) is 107 cm³/mol. The summed E-state index contributed by atoms with van der Waals surface area (Å²) in [6.07, 6.45) is 0. The number of rotatable bonds is 2. The molecule has 0 bridgehead atoms. The molecule has 0 aromatic heterocycles. The molecule has 4 aromatic rings. The van der Waals surface area contributed by atoms with Gasteiger partial charge in [0.15, 0.2) is 0 Å². The number of hydrogen-bond donors (Lipinski definition) is 0. The summed E-state index contributed by atoms with van der Waals surface area (Å²) in [6.45, 7) is 2.37. The van der Waals surface area contributed by atoms with E-state index in [1.807, 2.05) is 6.07 Å². The molecule has 27 heavy (non-hydrogen) atoms. The molecule has 3 nitrogen and oxygen atoms in total. The third kappa shape index (κ3) is 2.51. The van der Waals surface area contributed by atoms with Gasteiger partial charge in [0.05, 0.1) is 17.7 Å². The van der Waals surface area contributed by atoms with Crippen LogP contribution in [0.4, 0.5) is 0 Å². The molecule has 1 heterocycles. The first-order valence-electron chi connectivity index (χ1n) is 8.98. The molecule has 0 spiro atoms. The van der Waals surface area contributed by atoms with Crippen molar-refractivity contribution in [1.29, 1.82) is 0 Å². The highest BCUT2D eigenvalue weighted by Crippen LogP contribution is 2.27. The molecule has 0 unspecified atom stereocenters. The SMILES string of the molecule is Cc1ccc2cc3ccc(CN4C(=O)c5ccccc5C4=O)cc3cc2c1. The van der Waals surface area contributed by atoms with Gasteiger partial charge in [-0.15, -0.1) is 0 Å². The molecular weight excluding hydrogens is 334 g/mol. The minimum absolute atomic E-state index is 0.218. The highest BCUT2D eigenvalue weighted by Gasteiger charge is 2.34. The van der Waals surface area contributed by atoms with Gasteiger partial charge in [-0.1, -0.05) is 48.0 Å². The maximum atomic E-state index is 12.6. The average Bonchev–Trinajstić information content (AvgIpc) is 2.91. The normalized spacial score (nSPS) is 13.6. The van der Waals surface area contributed by atoms with Crippen molar-refractivity contribution in [2.75, 3.05) is 0 Å². The van der Waals surface area contributed by atoms with Gasteiger partial charge in [0.25, 0.3) is 11.8 Å². The van der Waals surface area contributed by atoms with Crippen LogP contribution < -0.4 is 0 Å². The van der Waals surface area contributed by atoms with E-state index in [4.69, 9.17) is 0 Å². The van der Waals surface area contributed by atoms with Crippen LogP contribution in [0.2, 0.25) is 0 Å². The van der Waals surface area contributed by atoms with Gasteiger partial charge in [0, 0.05) is 0 Å². The van der Waals surface area contributed by atoms with Gasteiger partial charge < -0.3 is 0 Å². The lowest BCUT2D eigenvalue weighted by Crippen LogP contribution is -2.29. The lowest BCUT2D eigenvalue weighted by Gasteiger charge is -2.14. The van der Waals surface area contributed by atoms with E-state index in [9.17, 15) is 9.59 Å². The summed E-state index contributed by atoms with van der Waals surface area (Å²) in [5.74, 6) is -0.435. The summed E-state index contributed by atoms with van der Waals surface area (Å²) in [4.78, 5) is 26.5. The number of aryl methyl sites for hydroxylation is 1. The zero-order valence-electron chi connectivity index (χ0n) is 14.9. The lowest BCUT2D eigenvalue weighted by molar-refractivity contribution is 0.0642. The first-order chi connectivity index (χ1) is 13.1. The van der Waals surface area contributed by atoms with Crippen LogP contribution in [0.3, 0.4) is 0 Å². The van der Waals surface area contributed by atoms with Crippen LogP contribution in [0.15, 0.2) is 72.8 Å². The van der Waals surface area contributed by atoms with Gasteiger partial charge in [-0.2, -0.15) is 0 Å². The fraction of sp³-hybridized carbons (Fsp3) is 0.0833. The van der Waals surface area contributed by atoms with Gasteiger partial charge in [-0.25, -0.2) is 0 Å². The van der Waals surface area contributed by atoms with Crippen molar-refractivity contribution < 1.29 is 9.59 Å². The van der Waals surface area contributed by atoms with Crippen LogP contribution in [0.1, 0.15) is 31.8 Å². The molecule has 3 heteroatoms. The second-order valence-corrected chi connectivity index (χ2v) is 7.13. The Balaban J connectivity index is 1.53. The Bertz CT molecular complexity index is 1220. The molecule has 4 aromatic carbocycles. The van der Waals surface area contributed by atoms with Gasteiger partial charge in [0.1, 0.15) is 0 Å². The van der Waals surface area contributed by atoms with Crippen molar-refractivity contribution in [3.63, 3.8) is 0 Å².